The van der Waals surface area contributed by atoms with Crippen LogP contribution in [0.25, 0.3) is 5.69 Å². The smallest absolute Gasteiger partial charge is 0.254 e. The van der Waals surface area contributed by atoms with E-state index >= 15 is 0 Å². The number of ether oxygens (including phenoxy) is 2. The van der Waals surface area contributed by atoms with Crippen molar-refractivity contribution in [1.29, 1.82) is 0 Å². The summed E-state index contributed by atoms with van der Waals surface area (Å²) in [7, 11) is 3.06. The lowest BCUT2D eigenvalue weighted by atomic mass is 9.92. The molecule has 4 aromatic rings. The minimum Gasteiger partial charge on any atom is -0.497 e. The third kappa shape index (κ3) is 6.88. The number of carbonyl (C=O) groups is 2. The van der Waals surface area contributed by atoms with Gasteiger partial charge in [-0.25, -0.2) is 4.68 Å². The number of carbonyl (C=O) groups excluding carboxylic acids is 2. The quantitative estimate of drug-likeness (QED) is 0.291. The Morgan fingerprint density at radius 2 is 1.57 bits per heavy atom. The zero-order chi connectivity index (χ0) is 28.9. The van der Waals surface area contributed by atoms with Gasteiger partial charge >= 0.3 is 0 Å². The standard InChI is InChI=1S/C32H36N4O4/c1-22-11-10-14-25(15-22)36-29(19-28(34-36)32(2,3)4)33-30(37)21-35(20-23-12-8-7-9-13-23)31(38)24-16-26(39-5)18-27(17-24)40-6/h7-19H,20-21H2,1-6H3,(H,33,37). The van der Waals surface area contributed by atoms with E-state index in [-0.39, 0.29) is 30.3 Å². The molecule has 0 saturated heterocycles. The van der Waals surface area contributed by atoms with E-state index in [1.807, 2.05) is 67.6 Å². The molecule has 1 heterocycles. The van der Waals surface area contributed by atoms with Crippen LogP contribution in [-0.2, 0) is 16.8 Å². The van der Waals surface area contributed by atoms with Gasteiger partial charge in [-0.05, 0) is 42.3 Å². The van der Waals surface area contributed by atoms with Gasteiger partial charge in [0.1, 0.15) is 23.9 Å². The third-order valence-corrected chi connectivity index (χ3v) is 6.43. The lowest BCUT2D eigenvalue weighted by molar-refractivity contribution is -0.117. The van der Waals surface area contributed by atoms with Gasteiger partial charge in [-0.2, -0.15) is 5.10 Å². The Morgan fingerprint density at radius 1 is 0.900 bits per heavy atom. The molecule has 0 unspecified atom stereocenters. The van der Waals surface area contributed by atoms with E-state index in [1.165, 1.54) is 19.1 Å². The van der Waals surface area contributed by atoms with E-state index in [2.05, 4.69) is 26.1 Å². The number of nitrogens with zero attached hydrogens (tertiary/aromatic N) is 3. The average molecular weight is 541 g/mol. The summed E-state index contributed by atoms with van der Waals surface area (Å²) in [6.45, 7) is 8.31. The van der Waals surface area contributed by atoms with Crippen LogP contribution in [0.2, 0.25) is 0 Å². The predicted molar refractivity (Wildman–Crippen MR) is 156 cm³/mol. The summed E-state index contributed by atoms with van der Waals surface area (Å²) in [4.78, 5) is 28.8. The van der Waals surface area contributed by atoms with Crippen LogP contribution in [0, 0.1) is 6.92 Å². The minimum atomic E-state index is -0.339. The van der Waals surface area contributed by atoms with Crippen molar-refractivity contribution >= 4 is 17.6 Å². The number of anilines is 1. The molecular weight excluding hydrogens is 504 g/mol. The van der Waals surface area contributed by atoms with Crippen molar-refractivity contribution in [1.82, 2.24) is 14.7 Å². The normalized spacial score (nSPS) is 11.2. The van der Waals surface area contributed by atoms with E-state index in [1.54, 1.807) is 22.9 Å². The molecule has 0 radical (unpaired) electrons. The SMILES string of the molecule is COc1cc(OC)cc(C(=O)N(CC(=O)Nc2cc(C(C)(C)C)nn2-c2cccc(C)c2)Cc2ccccc2)c1. The van der Waals surface area contributed by atoms with Crippen molar-refractivity contribution in [3.63, 3.8) is 0 Å². The van der Waals surface area contributed by atoms with E-state index < -0.39 is 0 Å². The number of aryl methyl sites for hydroxylation is 1. The molecule has 0 saturated carbocycles. The summed E-state index contributed by atoms with van der Waals surface area (Å²) in [6, 6.07) is 24.4. The second-order valence-corrected chi connectivity index (χ2v) is 10.7. The first-order chi connectivity index (χ1) is 19.1. The Bertz CT molecular complexity index is 1470. The highest BCUT2D eigenvalue weighted by atomic mass is 16.5. The van der Waals surface area contributed by atoms with Gasteiger partial charge in [-0.15, -0.1) is 0 Å². The predicted octanol–water partition coefficient (Wildman–Crippen LogP) is 5.78. The van der Waals surface area contributed by atoms with Gasteiger partial charge in [0, 0.05) is 29.7 Å². The Labute approximate surface area is 235 Å². The van der Waals surface area contributed by atoms with E-state index in [9.17, 15) is 9.59 Å². The Balaban J connectivity index is 1.65. The van der Waals surface area contributed by atoms with E-state index in [0.717, 1.165) is 22.5 Å². The van der Waals surface area contributed by atoms with Crippen LogP contribution < -0.4 is 14.8 Å². The molecule has 0 fully saturated rings. The number of amides is 2. The fourth-order valence-electron chi connectivity index (χ4n) is 4.27. The van der Waals surface area contributed by atoms with Gasteiger partial charge < -0.3 is 19.7 Å². The average Bonchev–Trinajstić information content (AvgIpc) is 3.37. The van der Waals surface area contributed by atoms with Gasteiger partial charge in [0.05, 0.1) is 25.6 Å². The van der Waals surface area contributed by atoms with Crippen molar-refractivity contribution in [3.05, 3.63) is 101 Å². The molecule has 208 valence electrons. The highest BCUT2D eigenvalue weighted by Crippen LogP contribution is 2.27. The summed E-state index contributed by atoms with van der Waals surface area (Å²) in [5, 5.41) is 7.81. The first-order valence-corrected chi connectivity index (χ1v) is 13.1. The Hall–Kier alpha value is -4.59. The second-order valence-electron chi connectivity index (χ2n) is 10.7. The maximum absolute atomic E-state index is 13.8. The maximum atomic E-state index is 13.8. The van der Waals surface area contributed by atoms with Crippen LogP contribution in [0.4, 0.5) is 5.82 Å². The molecule has 0 aliphatic heterocycles. The largest absolute Gasteiger partial charge is 0.497 e. The number of aromatic nitrogens is 2. The fraction of sp³-hybridized carbons (Fsp3) is 0.281. The third-order valence-electron chi connectivity index (χ3n) is 6.43. The van der Waals surface area contributed by atoms with Gasteiger partial charge in [0.15, 0.2) is 0 Å². The van der Waals surface area contributed by atoms with Crippen LogP contribution in [-0.4, -0.2) is 47.3 Å². The second kappa shape index (κ2) is 12.1. The number of nitrogens with one attached hydrogen (secondary N) is 1. The summed E-state index contributed by atoms with van der Waals surface area (Å²) < 4.78 is 12.5. The molecule has 0 atom stereocenters. The first kappa shape index (κ1) is 28.4. The van der Waals surface area contributed by atoms with E-state index in [4.69, 9.17) is 14.6 Å². The fourth-order valence-corrected chi connectivity index (χ4v) is 4.27. The maximum Gasteiger partial charge on any atom is 0.254 e. The van der Waals surface area contributed by atoms with Crippen molar-refractivity contribution in [3.8, 4) is 17.2 Å². The molecule has 0 spiro atoms. The summed E-state index contributed by atoms with van der Waals surface area (Å²) >= 11 is 0. The minimum absolute atomic E-state index is 0.170. The van der Waals surface area contributed by atoms with Crippen LogP contribution in [0.1, 0.15) is 48.0 Å². The topological polar surface area (TPSA) is 85.7 Å². The van der Waals surface area contributed by atoms with Gasteiger partial charge in [0.2, 0.25) is 5.91 Å². The lowest BCUT2D eigenvalue weighted by Gasteiger charge is -2.23. The number of hydrogen-bond acceptors (Lipinski definition) is 5. The summed E-state index contributed by atoms with van der Waals surface area (Å²) in [6.07, 6.45) is 0. The molecule has 2 amide bonds. The molecule has 0 bridgehead atoms. The van der Waals surface area contributed by atoms with Crippen LogP contribution >= 0.6 is 0 Å². The van der Waals surface area contributed by atoms with Gasteiger partial charge in [0.25, 0.3) is 5.91 Å². The first-order valence-electron chi connectivity index (χ1n) is 13.1. The summed E-state index contributed by atoms with van der Waals surface area (Å²) in [5.74, 6) is 0.857. The highest BCUT2D eigenvalue weighted by molar-refractivity contribution is 5.99. The molecule has 8 heteroatoms. The monoisotopic (exact) mass is 540 g/mol. The van der Waals surface area contributed by atoms with Crippen LogP contribution in [0.15, 0.2) is 78.9 Å². The van der Waals surface area contributed by atoms with Crippen molar-refractivity contribution in [2.75, 3.05) is 26.1 Å². The lowest BCUT2D eigenvalue weighted by Crippen LogP contribution is -2.38. The van der Waals surface area contributed by atoms with Crippen molar-refractivity contribution < 1.29 is 19.1 Å². The molecule has 0 aliphatic carbocycles. The van der Waals surface area contributed by atoms with E-state index in [0.29, 0.717) is 22.9 Å². The molecule has 1 aromatic heterocycles. The Morgan fingerprint density at radius 3 is 2.17 bits per heavy atom. The molecule has 0 aliphatic rings. The zero-order valence-electron chi connectivity index (χ0n) is 23.9. The Kier molecular flexibility index (Phi) is 8.58. The van der Waals surface area contributed by atoms with Gasteiger partial charge in [-0.3, -0.25) is 9.59 Å². The van der Waals surface area contributed by atoms with Gasteiger partial charge in [-0.1, -0.05) is 63.2 Å². The zero-order valence-corrected chi connectivity index (χ0v) is 23.9. The number of hydrogen-bond donors (Lipinski definition) is 1. The van der Waals surface area contributed by atoms with Crippen molar-refractivity contribution in [2.45, 2.75) is 39.7 Å². The molecule has 4 rings (SSSR count). The molecular formula is C32H36N4O4. The number of benzene rings is 3. The van der Waals surface area contributed by atoms with Crippen LogP contribution in [0.5, 0.6) is 11.5 Å². The molecule has 8 nitrogen and oxygen atoms in total. The number of rotatable bonds is 9. The highest BCUT2D eigenvalue weighted by Gasteiger charge is 2.24. The summed E-state index contributed by atoms with van der Waals surface area (Å²) in [5.41, 5.74) is 3.79. The van der Waals surface area contributed by atoms with Crippen LogP contribution in [0.3, 0.4) is 0 Å². The molecule has 1 N–H and O–H groups in total. The number of methoxy groups -OCH3 is 2. The molecule has 40 heavy (non-hydrogen) atoms. The van der Waals surface area contributed by atoms with Crippen molar-refractivity contribution in [2.24, 2.45) is 0 Å². The molecule has 3 aromatic carbocycles.